The van der Waals surface area contributed by atoms with Crippen molar-refractivity contribution in [3.8, 4) is 17.2 Å². The second-order valence-electron chi connectivity index (χ2n) is 21.1. The molecule has 2 aliphatic heterocycles. The molecule has 2 heterocycles. The van der Waals surface area contributed by atoms with Gasteiger partial charge >= 0.3 is 18.2 Å². The molecule has 386 valence electrons. The van der Waals surface area contributed by atoms with Crippen LogP contribution in [0.1, 0.15) is 94.2 Å². The number of alkyl carbamates (subject to hydrolysis) is 1. The first kappa shape index (κ1) is 52.0. The molecule has 4 aromatic rings. The molecule has 0 radical (unpaired) electrons. The number of sulfonamides is 1. The van der Waals surface area contributed by atoms with E-state index in [-0.39, 0.29) is 54.8 Å². The number of benzene rings is 4. The third-order valence-corrected chi connectivity index (χ3v) is 17.5. The number of ether oxygens (including phenoxy) is 6. The zero-order valence-electron chi connectivity index (χ0n) is 42.6. The lowest BCUT2D eigenvalue weighted by Crippen LogP contribution is -2.60. The number of nitrogens with zero attached hydrogens (tertiary/aromatic N) is 2. The van der Waals surface area contributed by atoms with Gasteiger partial charge in [-0.25, -0.2) is 22.3 Å². The van der Waals surface area contributed by atoms with Gasteiger partial charge in [0.05, 0.1) is 57.2 Å². The van der Waals surface area contributed by atoms with Gasteiger partial charge in [0.2, 0.25) is 10.0 Å². The minimum atomic E-state index is -4.09. The van der Waals surface area contributed by atoms with Gasteiger partial charge in [0.15, 0.2) is 11.5 Å². The molecule has 0 unspecified atom stereocenters. The van der Waals surface area contributed by atoms with Gasteiger partial charge in [-0.15, -0.1) is 0 Å². The lowest BCUT2D eigenvalue weighted by Gasteiger charge is -2.42. The fourth-order valence-corrected chi connectivity index (χ4v) is 14.6. The Kier molecular flexibility index (Phi) is 14.9. The average molecular weight is 1010 g/mol. The van der Waals surface area contributed by atoms with Crippen LogP contribution in [0.5, 0.6) is 17.2 Å². The Morgan fingerprint density at radius 3 is 2.01 bits per heavy atom. The molecule has 8 rings (SSSR count). The second kappa shape index (κ2) is 20.7. The smallest absolute Gasteiger partial charge is 0.410 e. The molecular weight excluding hydrogens is 941 g/mol. The van der Waals surface area contributed by atoms with Crippen LogP contribution in [-0.4, -0.2) is 98.5 Å². The van der Waals surface area contributed by atoms with E-state index < -0.39 is 81.2 Å². The molecule has 3 amide bonds. The van der Waals surface area contributed by atoms with Crippen molar-refractivity contribution >= 4 is 34.1 Å². The number of hydrogen-bond acceptors (Lipinski definition) is 13. The van der Waals surface area contributed by atoms with E-state index in [4.69, 9.17) is 28.4 Å². The number of carbonyl (C=O) groups excluding carboxylic acids is 4. The number of carbonyl (C=O) groups is 4. The van der Waals surface area contributed by atoms with Crippen molar-refractivity contribution in [1.82, 2.24) is 19.8 Å². The van der Waals surface area contributed by atoms with Crippen LogP contribution in [0, 0.1) is 29.6 Å². The third kappa shape index (κ3) is 10.1. The standard InChI is InChI=1S/C55H68N4O12S/c1-34-47(66-7)40(29-42(48(34)67-8)69-31-36-21-15-11-16-22-36)46(58(30-35-19-13-10-14-20-35)52(63)70-32-37-23-17-12-18-24-37)45(57-51(62)71-53(2,3)4)44-39(50(61)68-9)28-41(56-44)49(60)59-43-27-38-25-26-55(43,54(38,5)6)33-72(59,64)65/h10-24,29,38-39,41,43-46,56H,25-28,30-33H2,1-9H3,(H,57,62)/t38-,39+,41+,43-,44-,45-,46-,55-/m1/s1. The maximum atomic E-state index is 15.3. The second-order valence-corrected chi connectivity index (χ2v) is 22.9. The van der Waals surface area contributed by atoms with E-state index in [1.807, 2.05) is 91.0 Å². The summed E-state index contributed by atoms with van der Waals surface area (Å²) in [5, 5.41) is 6.44. The van der Waals surface area contributed by atoms with Gasteiger partial charge in [0, 0.05) is 29.1 Å². The normalized spacial score (nSPS) is 24.3. The third-order valence-electron chi connectivity index (χ3n) is 15.5. The fraction of sp³-hybridized carbons (Fsp3) is 0.491. The number of hydrogen-bond donors (Lipinski definition) is 2. The highest BCUT2D eigenvalue weighted by atomic mass is 32.2. The first-order chi connectivity index (χ1) is 34.2. The molecule has 0 aromatic heterocycles. The number of methoxy groups -OCH3 is 3. The van der Waals surface area contributed by atoms with Crippen LogP contribution in [0.3, 0.4) is 0 Å². The molecule has 2 N–H and O–H groups in total. The summed E-state index contributed by atoms with van der Waals surface area (Å²) in [6, 6.07) is 23.8. The summed E-state index contributed by atoms with van der Waals surface area (Å²) in [6.45, 7) is 11.0. The van der Waals surface area contributed by atoms with Gasteiger partial charge < -0.3 is 33.7 Å². The number of esters is 1. The highest BCUT2D eigenvalue weighted by molar-refractivity contribution is 7.90. The van der Waals surface area contributed by atoms with Gasteiger partial charge in [0.1, 0.15) is 24.6 Å². The predicted molar refractivity (Wildman–Crippen MR) is 268 cm³/mol. The minimum Gasteiger partial charge on any atom is -0.496 e. The van der Waals surface area contributed by atoms with Crippen molar-refractivity contribution in [1.29, 1.82) is 0 Å². The SMILES string of the molecule is COC(=O)[C@H]1C[C@@H](C(=O)N2[C@@H]3C[C@H]4CC[C@]3(CS2(=O)=O)C4(C)C)N[C@H]1[C@@H](NC(=O)OC(C)(C)C)[C@@H](c1cc(OCc2ccccc2)c(OC)c(C)c1OC)N(Cc1ccccc1)C(=O)OCc1ccccc1. The summed E-state index contributed by atoms with van der Waals surface area (Å²) in [7, 11) is 0.110. The molecule has 2 saturated carbocycles. The molecule has 2 bridgehead atoms. The van der Waals surface area contributed by atoms with Crippen molar-refractivity contribution < 1.29 is 56.0 Å². The van der Waals surface area contributed by atoms with Crippen LogP contribution in [-0.2, 0) is 53.6 Å². The van der Waals surface area contributed by atoms with E-state index >= 15 is 9.59 Å². The maximum absolute atomic E-state index is 15.3. The zero-order chi connectivity index (χ0) is 51.8. The topological polar surface area (TPSA) is 188 Å². The van der Waals surface area contributed by atoms with Crippen molar-refractivity contribution in [3.63, 3.8) is 0 Å². The Balaban J connectivity index is 1.32. The fourth-order valence-electron chi connectivity index (χ4n) is 12.1. The Bertz CT molecular complexity index is 2740. The van der Waals surface area contributed by atoms with E-state index in [9.17, 15) is 18.0 Å². The van der Waals surface area contributed by atoms with Crippen molar-refractivity contribution in [2.75, 3.05) is 27.1 Å². The van der Waals surface area contributed by atoms with Crippen LogP contribution in [0.2, 0.25) is 0 Å². The van der Waals surface area contributed by atoms with Crippen molar-refractivity contribution in [3.05, 3.63) is 125 Å². The molecule has 4 aliphatic rings. The summed E-state index contributed by atoms with van der Waals surface area (Å²) < 4.78 is 66.2. The van der Waals surface area contributed by atoms with E-state index in [1.165, 1.54) is 26.2 Å². The summed E-state index contributed by atoms with van der Waals surface area (Å²) in [5.41, 5.74) is 1.09. The molecule has 17 heteroatoms. The zero-order valence-corrected chi connectivity index (χ0v) is 43.5. The van der Waals surface area contributed by atoms with Crippen LogP contribution in [0.4, 0.5) is 9.59 Å². The number of nitrogens with one attached hydrogen (secondary N) is 2. The predicted octanol–water partition coefficient (Wildman–Crippen LogP) is 8.25. The highest BCUT2D eigenvalue weighted by Gasteiger charge is 2.73. The Hall–Kier alpha value is -6.33. The average Bonchev–Trinajstić information content (AvgIpc) is 4.03. The van der Waals surface area contributed by atoms with Gasteiger partial charge in [-0.2, -0.15) is 0 Å². The lowest BCUT2D eigenvalue weighted by atomic mass is 9.69. The summed E-state index contributed by atoms with van der Waals surface area (Å²) in [4.78, 5) is 60.9. The van der Waals surface area contributed by atoms with Gasteiger partial charge in [-0.1, -0.05) is 105 Å². The van der Waals surface area contributed by atoms with E-state index in [2.05, 4.69) is 24.5 Å². The Morgan fingerprint density at radius 1 is 0.847 bits per heavy atom. The molecular formula is C55H68N4O12S. The quantitative estimate of drug-likeness (QED) is 0.0808. The number of fused-ring (bicyclic) bond motifs is 1. The van der Waals surface area contributed by atoms with Crippen LogP contribution >= 0.6 is 0 Å². The summed E-state index contributed by atoms with van der Waals surface area (Å²) >= 11 is 0. The van der Waals surface area contributed by atoms with Crippen molar-refractivity contribution in [2.24, 2.45) is 22.7 Å². The lowest BCUT2D eigenvalue weighted by molar-refractivity contribution is -0.146. The van der Waals surface area contributed by atoms with Gasteiger partial charge in [0.25, 0.3) is 5.91 Å². The van der Waals surface area contributed by atoms with Crippen LogP contribution in [0.15, 0.2) is 97.1 Å². The van der Waals surface area contributed by atoms with Gasteiger partial charge in [-0.3, -0.25) is 19.8 Å². The minimum absolute atomic E-state index is 0.106. The maximum Gasteiger partial charge on any atom is 0.410 e. The molecule has 72 heavy (non-hydrogen) atoms. The summed E-state index contributed by atoms with van der Waals surface area (Å²) in [6.07, 6.45) is 0.201. The van der Waals surface area contributed by atoms with Crippen LogP contribution < -0.4 is 24.8 Å². The summed E-state index contributed by atoms with van der Waals surface area (Å²) in [5.74, 6) is -1.66. The Labute approximate surface area is 423 Å². The molecule has 2 aliphatic carbocycles. The number of amides is 3. The van der Waals surface area contributed by atoms with Crippen molar-refractivity contribution in [2.45, 2.75) is 123 Å². The highest BCUT2D eigenvalue weighted by Crippen LogP contribution is 2.70. The first-order valence-corrected chi connectivity index (χ1v) is 26.2. The first-order valence-electron chi connectivity index (χ1n) is 24.6. The molecule has 16 nitrogen and oxygen atoms in total. The number of rotatable bonds is 16. The molecule has 4 aromatic carbocycles. The largest absolute Gasteiger partial charge is 0.496 e. The monoisotopic (exact) mass is 1010 g/mol. The Morgan fingerprint density at radius 2 is 1.44 bits per heavy atom. The van der Waals surface area contributed by atoms with Crippen LogP contribution in [0.25, 0.3) is 0 Å². The van der Waals surface area contributed by atoms with E-state index in [0.29, 0.717) is 40.8 Å². The van der Waals surface area contributed by atoms with Gasteiger partial charge in [-0.05, 0) is 87.5 Å². The van der Waals surface area contributed by atoms with E-state index in [1.54, 1.807) is 33.8 Å². The van der Waals surface area contributed by atoms with E-state index in [0.717, 1.165) is 16.3 Å². The molecule has 4 fully saturated rings. The molecule has 2 saturated heterocycles. The molecule has 8 atom stereocenters. The molecule has 1 spiro atoms.